The zero-order chi connectivity index (χ0) is 17.2. The Morgan fingerprint density at radius 2 is 1.72 bits per heavy atom. The van der Waals surface area contributed by atoms with Crippen molar-refractivity contribution in [1.82, 2.24) is 24.6 Å². The third-order valence-corrected chi connectivity index (χ3v) is 4.63. The molecule has 0 saturated heterocycles. The van der Waals surface area contributed by atoms with Crippen molar-refractivity contribution in [2.24, 2.45) is 0 Å². The Bertz CT molecular complexity index is 838. The maximum absolute atomic E-state index is 4.41. The Balaban J connectivity index is 1.48. The highest BCUT2D eigenvalue weighted by atomic mass is 15.3. The lowest BCUT2D eigenvalue weighted by molar-refractivity contribution is 0.209. The van der Waals surface area contributed by atoms with Crippen molar-refractivity contribution >= 4 is 5.69 Å². The van der Waals surface area contributed by atoms with Crippen LogP contribution < -0.4 is 4.90 Å². The minimum Gasteiger partial charge on any atom is -0.378 e. The fourth-order valence-corrected chi connectivity index (χ4v) is 3.21. The number of anilines is 1. The van der Waals surface area contributed by atoms with E-state index in [9.17, 15) is 0 Å². The van der Waals surface area contributed by atoms with Crippen LogP contribution in [0.5, 0.6) is 0 Å². The van der Waals surface area contributed by atoms with Crippen molar-refractivity contribution in [3.63, 3.8) is 0 Å². The van der Waals surface area contributed by atoms with E-state index in [0.717, 1.165) is 43.4 Å². The van der Waals surface area contributed by atoms with Crippen LogP contribution in [0.4, 0.5) is 5.69 Å². The molecule has 25 heavy (non-hydrogen) atoms. The molecule has 128 valence electrons. The van der Waals surface area contributed by atoms with E-state index in [1.165, 1.54) is 11.3 Å². The third kappa shape index (κ3) is 3.25. The SMILES string of the molecule is CN(C)c1ccc(CN2CCn3c(nnc3-c3ccncc3)C2)cc1. The first-order valence-electron chi connectivity index (χ1n) is 8.52. The lowest BCUT2D eigenvalue weighted by atomic mass is 10.1. The van der Waals surface area contributed by atoms with E-state index < -0.39 is 0 Å². The molecule has 4 rings (SSSR count). The summed E-state index contributed by atoms with van der Waals surface area (Å²) in [6.45, 7) is 3.67. The summed E-state index contributed by atoms with van der Waals surface area (Å²) in [5, 5.41) is 8.80. The number of rotatable bonds is 4. The van der Waals surface area contributed by atoms with Gasteiger partial charge in [-0.1, -0.05) is 12.1 Å². The minimum atomic E-state index is 0.827. The number of nitrogens with zero attached hydrogens (tertiary/aromatic N) is 6. The van der Waals surface area contributed by atoms with Gasteiger partial charge in [0.2, 0.25) is 0 Å². The maximum atomic E-state index is 4.41. The summed E-state index contributed by atoms with van der Waals surface area (Å²) in [5.74, 6) is 1.97. The van der Waals surface area contributed by atoms with Gasteiger partial charge in [-0.25, -0.2) is 0 Å². The fraction of sp³-hybridized carbons (Fsp3) is 0.316. The van der Waals surface area contributed by atoms with Gasteiger partial charge in [0, 0.05) is 57.4 Å². The van der Waals surface area contributed by atoms with Gasteiger partial charge in [-0.15, -0.1) is 10.2 Å². The molecule has 6 nitrogen and oxygen atoms in total. The lowest BCUT2D eigenvalue weighted by Gasteiger charge is -2.28. The molecule has 1 aromatic carbocycles. The first kappa shape index (κ1) is 15.8. The Hall–Kier alpha value is -2.73. The largest absolute Gasteiger partial charge is 0.378 e. The van der Waals surface area contributed by atoms with E-state index in [2.05, 4.69) is 67.9 Å². The van der Waals surface area contributed by atoms with Crippen LogP contribution >= 0.6 is 0 Å². The molecule has 0 radical (unpaired) electrons. The highest BCUT2D eigenvalue weighted by Crippen LogP contribution is 2.22. The van der Waals surface area contributed by atoms with Crippen molar-refractivity contribution in [2.75, 3.05) is 25.5 Å². The Morgan fingerprint density at radius 3 is 2.44 bits per heavy atom. The van der Waals surface area contributed by atoms with Crippen molar-refractivity contribution in [3.05, 3.63) is 60.2 Å². The van der Waals surface area contributed by atoms with Gasteiger partial charge in [-0.2, -0.15) is 0 Å². The summed E-state index contributed by atoms with van der Waals surface area (Å²) in [7, 11) is 4.12. The molecule has 1 aliphatic heterocycles. The minimum absolute atomic E-state index is 0.827. The van der Waals surface area contributed by atoms with Gasteiger partial charge in [0.05, 0.1) is 6.54 Å². The molecule has 0 bridgehead atoms. The molecular formula is C19H22N6. The van der Waals surface area contributed by atoms with Crippen LogP contribution in [-0.2, 0) is 19.6 Å². The second kappa shape index (κ2) is 6.64. The first-order chi connectivity index (χ1) is 12.2. The maximum Gasteiger partial charge on any atom is 0.164 e. The average Bonchev–Trinajstić information content (AvgIpc) is 3.06. The second-order valence-corrected chi connectivity index (χ2v) is 6.60. The normalized spacial score (nSPS) is 14.3. The van der Waals surface area contributed by atoms with E-state index in [4.69, 9.17) is 0 Å². The van der Waals surface area contributed by atoms with Crippen LogP contribution in [0.1, 0.15) is 11.4 Å². The van der Waals surface area contributed by atoms with E-state index in [0.29, 0.717) is 0 Å². The monoisotopic (exact) mass is 334 g/mol. The molecule has 3 heterocycles. The van der Waals surface area contributed by atoms with Gasteiger partial charge in [-0.05, 0) is 29.8 Å². The Labute approximate surface area is 147 Å². The molecule has 3 aromatic rings. The zero-order valence-corrected chi connectivity index (χ0v) is 14.6. The van der Waals surface area contributed by atoms with E-state index in [1.54, 1.807) is 12.4 Å². The summed E-state index contributed by atoms with van der Waals surface area (Å²) >= 11 is 0. The van der Waals surface area contributed by atoms with Gasteiger partial charge in [0.1, 0.15) is 5.82 Å². The van der Waals surface area contributed by atoms with Crippen molar-refractivity contribution in [1.29, 1.82) is 0 Å². The summed E-state index contributed by atoms with van der Waals surface area (Å²) < 4.78 is 2.22. The van der Waals surface area contributed by atoms with Gasteiger partial charge in [0.15, 0.2) is 5.82 Å². The molecule has 0 fully saturated rings. The van der Waals surface area contributed by atoms with Crippen molar-refractivity contribution in [2.45, 2.75) is 19.6 Å². The summed E-state index contributed by atoms with van der Waals surface area (Å²) in [6.07, 6.45) is 3.59. The zero-order valence-electron chi connectivity index (χ0n) is 14.6. The number of pyridine rings is 1. The van der Waals surface area contributed by atoms with Crippen LogP contribution in [-0.4, -0.2) is 45.3 Å². The molecule has 0 spiro atoms. The molecule has 2 aromatic heterocycles. The van der Waals surface area contributed by atoms with Crippen LogP contribution in [0.15, 0.2) is 48.8 Å². The van der Waals surface area contributed by atoms with Gasteiger partial charge in [0.25, 0.3) is 0 Å². The van der Waals surface area contributed by atoms with Crippen LogP contribution in [0, 0.1) is 0 Å². The molecule has 0 unspecified atom stereocenters. The van der Waals surface area contributed by atoms with Crippen LogP contribution in [0.3, 0.4) is 0 Å². The molecular weight excluding hydrogens is 312 g/mol. The smallest absolute Gasteiger partial charge is 0.164 e. The molecule has 0 amide bonds. The average molecular weight is 334 g/mol. The number of hydrogen-bond donors (Lipinski definition) is 0. The fourth-order valence-electron chi connectivity index (χ4n) is 3.21. The van der Waals surface area contributed by atoms with Crippen molar-refractivity contribution < 1.29 is 0 Å². The van der Waals surface area contributed by atoms with Gasteiger partial charge in [-0.3, -0.25) is 9.88 Å². The Kier molecular flexibility index (Phi) is 4.19. The molecule has 0 atom stereocenters. The third-order valence-electron chi connectivity index (χ3n) is 4.63. The topological polar surface area (TPSA) is 50.1 Å². The molecule has 0 N–H and O–H groups in total. The summed E-state index contributed by atoms with van der Waals surface area (Å²) in [4.78, 5) is 8.61. The summed E-state index contributed by atoms with van der Waals surface area (Å²) in [6, 6.07) is 12.7. The number of benzene rings is 1. The van der Waals surface area contributed by atoms with Gasteiger partial charge < -0.3 is 9.47 Å². The molecule has 0 aliphatic carbocycles. The second-order valence-electron chi connectivity index (χ2n) is 6.60. The molecule has 1 aliphatic rings. The van der Waals surface area contributed by atoms with Crippen LogP contribution in [0.25, 0.3) is 11.4 Å². The lowest BCUT2D eigenvalue weighted by Crippen LogP contribution is -2.33. The van der Waals surface area contributed by atoms with E-state index in [-0.39, 0.29) is 0 Å². The summed E-state index contributed by atoms with van der Waals surface area (Å²) in [5.41, 5.74) is 3.62. The van der Waals surface area contributed by atoms with E-state index >= 15 is 0 Å². The number of fused-ring (bicyclic) bond motifs is 1. The molecule has 0 saturated carbocycles. The highest BCUT2D eigenvalue weighted by molar-refractivity contribution is 5.54. The van der Waals surface area contributed by atoms with Gasteiger partial charge >= 0.3 is 0 Å². The standard InChI is InChI=1S/C19H22N6/c1-23(2)17-5-3-15(4-6-17)13-24-11-12-25-18(14-24)21-22-19(25)16-7-9-20-10-8-16/h3-10H,11-14H2,1-2H3. The Morgan fingerprint density at radius 1 is 0.960 bits per heavy atom. The predicted molar refractivity (Wildman–Crippen MR) is 98.1 cm³/mol. The van der Waals surface area contributed by atoms with Crippen molar-refractivity contribution in [3.8, 4) is 11.4 Å². The molecule has 6 heteroatoms. The predicted octanol–water partition coefficient (Wildman–Crippen LogP) is 2.42. The van der Waals surface area contributed by atoms with Crippen LogP contribution in [0.2, 0.25) is 0 Å². The first-order valence-corrected chi connectivity index (χ1v) is 8.52. The number of hydrogen-bond acceptors (Lipinski definition) is 5. The number of aromatic nitrogens is 4. The van der Waals surface area contributed by atoms with E-state index in [1.807, 2.05) is 12.1 Å². The highest BCUT2D eigenvalue weighted by Gasteiger charge is 2.21. The quantitative estimate of drug-likeness (QED) is 0.733.